The fourth-order valence-electron chi connectivity index (χ4n) is 2.13. The first-order valence-electron chi connectivity index (χ1n) is 7.37. The summed E-state index contributed by atoms with van der Waals surface area (Å²) in [6, 6.07) is 18.7. The number of anilines is 1. The van der Waals surface area contributed by atoms with Crippen molar-refractivity contribution in [2.75, 3.05) is 5.32 Å². The van der Waals surface area contributed by atoms with E-state index in [2.05, 4.69) is 10.3 Å². The van der Waals surface area contributed by atoms with Gasteiger partial charge >= 0.3 is 0 Å². The van der Waals surface area contributed by atoms with Gasteiger partial charge < -0.3 is 5.32 Å². The molecule has 6 nitrogen and oxygen atoms in total. The Kier molecular flexibility index (Phi) is 5.06. The summed E-state index contributed by atoms with van der Waals surface area (Å²) in [7, 11) is 0. The maximum absolute atomic E-state index is 12.5. The largest absolute Gasteiger partial charge is 0.307 e. The van der Waals surface area contributed by atoms with Crippen LogP contribution in [0.3, 0.4) is 0 Å². The number of nitrogens with one attached hydrogen (secondary N) is 1. The normalized spacial score (nSPS) is 10.2. The molecule has 3 aromatic rings. The van der Waals surface area contributed by atoms with Gasteiger partial charge in [-0.2, -0.15) is 0 Å². The van der Waals surface area contributed by atoms with Crippen molar-refractivity contribution in [3.05, 3.63) is 88.6 Å². The first kappa shape index (κ1) is 16.7. The lowest BCUT2D eigenvalue weighted by Crippen LogP contribution is -2.13. The number of rotatable bonds is 5. The molecule has 1 amide bonds. The van der Waals surface area contributed by atoms with Crippen LogP contribution in [0.1, 0.15) is 10.4 Å². The van der Waals surface area contributed by atoms with E-state index in [4.69, 9.17) is 0 Å². The molecule has 0 fully saturated rings. The molecule has 7 heteroatoms. The second-order valence-electron chi connectivity index (χ2n) is 5.02. The standard InChI is InChI=1S/C18H13N3O3S/c22-18(20-17-7-3-4-12-19-17)15-5-1-2-6-16(15)25-14-10-8-13(9-11-14)21(23)24/h1-12H,(H,19,20,22). The van der Waals surface area contributed by atoms with Crippen LogP contribution in [-0.2, 0) is 0 Å². The van der Waals surface area contributed by atoms with Gasteiger partial charge in [0.15, 0.2) is 0 Å². The first-order valence-corrected chi connectivity index (χ1v) is 8.19. The van der Waals surface area contributed by atoms with Gasteiger partial charge in [-0.15, -0.1) is 0 Å². The minimum atomic E-state index is -0.442. The van der Waals surface area contributed by atoms with Crippen LogP contribution in [0.4, 0.5) is 11.5 Å². The molecule has 1 N–H and O–H groups in total. The Bertz CT molecular complexity index is 899. The number of aromatic nitrogens is 1. The Labute approximate surface area is 148 Å². The van der Waals surface area contributed by atoms with Crippen LogP contribution in [0.15, 0.2) is 82.7 Å². The van der Waals surface area contributed by atoms with Crippen LogP contribution in [0.25, 0.3) is 0 Å². The van der Waals surface area contributed by atoms with Crippen LogP contribution < -0.4 is 5.32 Å². The number of nitro groups is 1. The predicted octanol–water partition coefficient (Wildman–Crippen LogP) is 4.39. The minimum Gasteiger partial charge on any atom is -0.307 e. The quantitative estimate of drug-likeness (QED) is 0.544. The molecule has 0 atom stereocenters. The Morgan fingerprint density at radius 2 is 1.72 bits per heavy atom. The molecule has 1 aromatic heterocycles. The number of non-ortho nitro benzene ring substituents is 1. The SMILES string of the molecule is O=C(Nc1ccccn1)c1ccccc1Sc1ccc([N+](=O)[O-])cc1. The van der Waals surface area contributed by atoms with E-state index in [0.717, 1.165) is 9.79 Å². The lowest BCUT2D eigenvalue weighted by atomic mass is 10.2. The molecular formula is C18H13N3O3S. The smallest absolute Gasteiger partial charge is 0.269 e. The van der Waals surface area contributed by atoms with Crippen molar-refractivity contribution in [3.8, 4) is 0 Å². The Balaban J connectivity index is 1.81. The Morgan fingerprint density at radius 3 is 2.40 bits per heavy atom. The highest BCUT2D eigenvalue weighted by Gasteiger charge is 2.13. The summed E-state index contributed by atoms with van der Waals surface area (Å²) in [6.45, 7) is 0. The number of hydrogen-bond acceptors (Lipinski definition) is 5. The van der Waals surface area contributed by atoms with E-state index in [1.807, 2.05) is 12.1 Å². The van der Waals surface area contributed by atoms with Crippen molar-refractivity contribution < 1.29 is 9.72 Å². The average molecular weight is 351 g/mol. The van der Waals surface area contributed by atoms with Crippen LogP contribution in [0.5, 0.6) is 0 Å². The van der Waals surface area contributed by atoms with Crippen molar-refractivity contribution in [1.82, 2.24) is 4.98 Å². The molecule has 0 bridgehead atoms. The highest BCUT2D eigenvalue weighted by molar-refractivity contribution is 7.99. The van der Waals surface area contributed by atoms with Gasteiger partial charge in [0.05, 0.1) is 10.5 Å². The highest BCUT2D eigenvalue weighted by Crippen LogP contribution is 2.31. The van der Waals surface area contributed by atoms with E-state index >= 15 is 0 Å². The number of carbonyl (C=O) groups excluding carboxylic acids is 1. The van der Waals surface area contributed by atoms with E-state index in [0.29, 0.717) is 11.4 Å². The van der Waals surface area contributed by atoms with Crippen LogP contribution in [0.2, 0.25) is 0 Å². The van der Waals surface area contributed by atoms with Crippen molar-refractivity contribution in [3.63, 3.8) is 0 Å². The number of nitro benzene ring substituents is 1. The lowest BCUT2D eigenvalue weighted by molar-refractivity contribution is -0.384. The molecule has 3 rings (SSSR count). The maximum atomic E-state index is 12.5. The molecule has 0 aliphatic rings. The van der Waals surface area contributed by atoms with Crippen LogP contribution in [0, 0.1) is 10.1 Å². The van der Waals surface area contributed by atoms with Gasteiger partial charge in [0.1, 0.15) is 5.82 Å². The third kappa shape index (κ3) is 4.21. The molecule has 0 saturated heterocycles. The monoisotopic (exact) mass is 351 g/mol. The van der Waals surface area contributed by atoms with Crippen LogP contribution >= 0.6 is 11.8 Å². The summed E-state index contributed by atoms with van der Waals surface area (Å²) in [4.78, 5) is 28.4. The van der Waals surface area contributed by atoms with Gasteiger partial charge in [-0.1, -0.05) is 30.0 Å². The third-order valence-electron chi connectivity index (χ3n) is 3.31. The molecule has 0 radical (unpaired) electrons. The van der Waals surface area contributed by atoms with E-state index in [9.17, 15) is 14.9 Å². The first-order chi connectivity index (χ1) is 12.1. The molecule has 0 aliphatic heterocycles. The number of pyridine rings is 1. The van der Waals surface area contributed by atoms with Crippen molar-refractivity contribution in [1.29, 1.82) is 0 Å². The zero-order valence-corrected chi connectivity index (χ0v) is 13.8. The summed E-state index contributed by atoms with van der Waals surface area (Å²) >= 11 is 1.37. The summed E-state index contributed by atoms with van der Waals surface area (Å²) in [5, 5.41) is 13.5. The zero-order valence-electron chi connectivity index (χ0n) is 13.0. The fourth-order valence-corrected chi connectivity index (χ4v) is 3.07. The van der Waals surface area contributed by atoms with Gasteiger partial charge in [-0.05, 0) is 36.4 Å². The number of hydrogen-bond donors (Lipinski definition) is 1. The second-order valence-corrected chi connectivity index (χ2v) is 6.13. The maximum Gasteiger partial charge on any atom is 0.269 e. The second kappa shape index (κ2) is 7.59. The number of amides is 1. The molecule has 0 aliphatic carbocycles. The Morgan fingerprint density at radius 1 is 1.00 bits per heavy atom. The van der Waals surface area contributed by atoms with Gasteiger partial charge in [-0.3, -0.25) is 14.9 Å². The summed E-state index contributed by atoms with van der Waals surface area (Å²) in [5.74, 6) is 0.214. The van der Waals surface area contributed by atoms with Crippen molar-refractivity contribution in [2.24, 2.45) is 0 Å². The van der Waals surface area contributed by atoms with Gasteiger partial charge in [0.25, 0.3) is 11.6 Å². The van der Waals surface area contributed by atoms with Crippen molar-refractivity contribution in [2.45, 2.75) is 9.79 Å². The predicted molar refractivity (Wildman–Crippen MR) is 95.9 cm³/mol. The van der Waals surface area contributed by atoms with Gasteiger partial charge in [-0.25, -0.2) is 4.98 Å². The van der Waals surface area contributed by atoms with Crippen LogP contribution in [-0.4, -0.2) is 15.8 Å². The van der Waals surface area contributed by atoms with E-state index in [1.165, 1.54) is 23.9 Å². The third-order valence-corrected chi connectivity index (χ3v) is 4.40. The zero-order chi connectivity index (χ0) is 17.6. The van der Waals surface area contributed by atoms with Crippen molar-refractivity contribution >= 4 is 29.2 Å². The average Bonchev–Trinajstić information content (AvgIpc) is 2.63. The number of benzene rings is 2. The molecule has 25 heavy (non-hydrogen) atoms. The summed E-state index contributed by atoms with van der Waals surface area (Å²) in [6.07, 6.45) is 1.60. The number of carbonyl (C=O) groups is 1. The topological polar surface area (TPSA) is 85.1 Å². The van der Waals surface area contributed by atoms with Gasteiger partial charge in [0.2, 0.25) is 0 Å². The molecule has 0 saturated carbocycles. The highest BCUT2D eigenvalue weighted by atomic mass is 32.2. The number of nitrogens with zero attached hydrogens (tertiary/aromatic N) is 2. The van der Waals surface area contributed by atoms with E-state index in [1.54, 1.807) is 48.7 Å². The molecule has 124 valence electrons. The molecule has 0 unspecified atom stereocenters. The molecule has 2 aromatic carbocycles. The molecule has 1 heterocycles. The molecule has 0 spiro atoms. The van der Waals surface area contributed by atoms with Gasteiger partial charge in [0, 0.05) is 28.1 Å². The fraction of sp³-hybridized carbons (Fsp3) is 0. The minimum absolute atomic E-state index is 0.0329. The summed E-state index contributed by atoms with van der Waals surface area (Å²) < 4.78 is 0. The van der Waals surface area contributed by atoms with E-state index in [-0.39, 0.29) is 11.6 Å². The Hall–Kier alpha value is -3.19. The van der Waals surface area contributed by atoms with E-state index < -0.39 is 4.92 Å². The lowest BCUT2D eigenvalue weighted by Gasteiger charge is -2.09. The molecular weight excluding hydrogens is 338 g/mol. The summed E-state index contributed by atoms with van der Waals surface area (Å²) in [5.41, 5.74) is 0.544.